The Hall–Kier alpha value is -3.01. The van der Waals surface area contributed by atoms with E-state index in [2.05, 4.69) is 29.1 Å². The number of ether oxygens (including phenoxy) is 2. The second-order valence-electron chi connectivity index (χ2n) is 10.3. The highest BCUT2D eigenvalue weighted by Crippen LogP contribution is 2.60. The number of carbonyl (C=O) groups is 3. The number of benzene rings is 2. The minimum Gasteiger partial charge on any atom is -0.461 e. The summed E-state index contributed by atoms with van der Waals surface area (Å²) in [5.74, 6) is -2.76. The molecule has 5 rings (SSSR count). The van der Waals surface area contributed by atoms with Crippen molar-refractivity contribution < 1.29 is 29.0 Å². The maximum Gasteiger partial charge on any atom is 0.312 e. The molecule has 3 fully saturated rings. The molecule has 2 aromatic rings. The summed E-state index contributed by atoms with van der Waals surface area (Å²) < 4.78 is 11.9. The lowest BCUT2D eigenvalue weighted by Crippen LogP contribution is -2.57. The molecule has 6 atom stereocenters. The summed E-state index contributed by atoms with van der Waals surface area (Å²) in [4.78, 5) is 44.7. The van der Waals surface area contributed by atoms with Gasteiger partial charge in [0.15, 0.2) is 0 Å². The van der Waals surface area contributed by atoms with Gasteiger partial charge in [-0.3, -0.25) is 14.4 Å². The van der Waals surface area contributed by atoms with E-state index in [1.54, 1.807) is 15.9 Å². The van der Waals surface area contributed by atoms with E-state index in [9.17, 15) is 19.5 Å². The SMILES string of the molecule is C=CCOC(=O)[C@H]1[C@@H]2OC3(CC2Br)C(C(=O)N(CC=C)c2ccc4ccccc4c2)N(CCCCO)C(=O)[C@H]13. The topological polar surface area (TPSA) is 96.4 Å². The predicted octanol–water partition coefficient (Wildman–Crippen LogP) is 3.61. The van der Waals surface area contributed by atoms with Gasteiger partial charge in [-0.05, 0) is 42.2 Å². The Kier molecular flexibility index (Phi) is 7.94. The second kappa shape index (κ2) is 11.2. The van der Waals surface area contributed by atoms with E-state index in [1.165, 1.54) is 6.08 Å². The zero-order valence-corrected chi connectivity index (χ0v) is 23.3. The molecule has 8 nitrogen and oxygen atoms in total. The van der Waals surface area contributed by atoms with Gasteiger partial charge in [0.2, 0.25) is 5.91 Å². The van der Waals surface area contributed by atoms with Crippen LogP contribution in [0.15, 0.2) is 67.8 Å². The second-order valence-corrected chi connectivity index (χ2v) is 11.5. The van der Waals surface area contributed by atoms with Crippen LogP contribution >= 0.6 is 15.9 Å². The average molecular weight is 598 g/mol. The summed E-state index contributed by atoms with van der Waals surface area (Å²) in [5, 5.41) is 11.4. The molecule has 0 saturated carbocycles. The van der Waals surface area contributed by atoms with Gasteiger partial charge in [-0.15, -0.1) is 6.58 Å². The highest BCUT2D eigenvalue weighted by atomic mass is 79.9. The van der Waals surface area contributed by atoms with Crippen molar-refractivity contribution in [3.63, 3.8) is 0 Å². The molecule has 3 unspecified atom stereocenters. The third-order valence-corrected chi connectivity index (χ3v) is 8.91. The van der Waals surface area contributed by atoms with Crippen molar-refractivity contribution in [1.82, 2.24) is 4.90 Å². The fraction of sp³-hybridized carbons (Fsp3) is 0.433. The Bertz CT molecular complexity index is 1300. The molecule has 0 radical (unpaired) electrons. The number of esters is 1. The molecule has 3 aliphatic rings. The van der Waals surface area contributed by atoms with Crippen molar-refractivity contribution in [1.29, 1.82) is 0 Å². The minimum absolute atomic E-state index is 0.0204. The van der Waals surface area contributed by atoms with Gasteiger partial charge in [0.1, 0.15) is 18.2 Å². The lowest BCUT2D eigenvalue weighted by molar-refractivity contribution is -0.153. The number of amides is 2. The first-order valence-electron chi connectivity index (χ1n) is 13.3. The molecule has 2 bridgehead atoms. The number of hydrogen-bond donors (Lipinski definition) is 1. The number of anilines is 1. The number of likely N-dealkylation sites (tertiary alicyclic amines) is 1. The molecule has 2 aromatic carbocycles. The van der Waals surface area contributed by atoms with Crippen molar-refractivity contribution in [2.75, 3.05) is 31.2 Å². The average Bonchev–Trinajstić information content (AvgIpc) is 3.53. The van der Waals surface area contributed by atoms with Gasteiger partial charge in [0.25, 0.3) is 5.91 Å². The van der Waals surface area contributed by atoms with Crippen LogP contribution in [0, 0.1) is 11.8 Å². The molecule has 206 valence electrons. The Morgan fingerprint density at radius 2 is 1.95 bits per heavy atom. The number of aliphatic hydroxyl groups excluding tert-OH is 1. The summed E-state index contributed by atoms with van der Waals surface area (Å²) in [6.45, 7) is 7.98. The number of aliphatic hydroxyl groups is 1. The number of fused-ring (bicyclic) bond motifs is 2. The molecule has 0 aromatic heterocycles. The number of halogens is 1. The Morgan fingerprint density at radius 1 is 1.18 bits per heavy atom. The summed E-state index contributed by atoms with van der Waals surface area (Å²) in [6, 6.07) is 12.8. The van der Waals surface area contributed by atoms with E-state index in [1.807, 2.05) is 42.5 Å². The summed E-state index contributed by atoms with van der Waals surface area (Å²) >= 11 is 3.67. The quantitative estimate of drug-likeness (QED) is 0.184. The van der Waals surface area contributed by atoms with Crippen molar-refractivity contribution in [2.45, 2.75) is 41.8 Å². The molecule has 3 heterocycles. The fourth-order valence-corrected chi connectivity index (χ4v) is 7.44. The number of rotatable bonds is 11. The largest absolute Gasteiger partial charge is 0.461 e. The van der Waals surface area contributed by atoms with Gasteiger partial charge in [-0.25, -0.2) is 0 Å². The van der Waals surface area contributed by atoms with E-state index >= 15 is 0 Å². The van der Waals surface area contributed by atoms with E-state index in [-0.39, 0.29) is 42.9 Å². The minimum atomic E-state index is -1.18. The van der Waals surface area contributed by atoms with Gasteiger partial charge >= 0.3 is 5.97 Å². The summed E-state index contributed by atoms with van der Waals surface area (Å²) in [5.41, 5.74) is -0.494. The maximum absolute atomic E-state index is 14.6. The predicted molar refractivity (Wildman–Crippen MR) is 151 cm³/mol. The van der Waals surface area contributed by atoms with Crippen molar-refractivity contribution in [3.05, 3.63) is 67.8 Å². The number of hydrogen-bond acceptors (Lipinski definition) is 6. The number of alkyl halides is 1. The number of nitrogens with zero attached hydrogens (tertiary/aromatic N) is 2. The number of unbranched alkanes of at least 4 members (excludes halogenated alkanes) is 1. The first-order chi connectivity index (χ1) is 18.9. The van der Waals surface area contributed by atoms with Crippen LogP contribution in [0.2, 0.25) is 0 Å². The third-order valence-electron chi connectivity index (χ3n) is 8.07. The molecular formula is C30H33BrN2O6. The van der Waals surface area contributed by atoms with Crippen LogP contribution in [-0.4, -0.2) is 76.7 Å². The van der Waals surface area contributed by atoms with Crippen LogP contribution < -0.4 is 4.90 Å². The normalized spacial score (nSPS) is 28.9. The molecule has 2 amide bonds. The zero-order valence-electron chi connectivity index (χ0n) is 21.7. The van der Waals surface area contributed by atoms with Crippen LogP contribution in [0.4, 0.5) is 5.69 Å². The highest BCUT2D eigenvalue weighted by molar-refractivity contribution is 9.09. The molecule has 3 aliphatic heterocycles. The van der Waals surface area contributed by atoms with Crippen LogP contribution in [-0.2, 0) is 23.9 Å². The number of carbonyl (C=O) groups excluding carboxylic acids is 3. The van der Waals surface area contributed by atoms with Crippen LogP contribution in [0.1, 0.15) is 19.3 Å². The molecule has 1 N–H and O–H groups in total. The van der Waals surface area contributed by atoms with Gasteiger partial charge in [0, 0.05) is 30.2 Å². The fourth-order valence-electron chi connectivity index (χ4n) is 6.49. The molecular weight excluding hydrogens is 564 g/mol. The Balaban J connectivity index is 1.56. The molecule has 39 heavy (non-hydrogen) atoms. The summed E-state index contributed by atoms with van der Waals surface area (Å²) in [7, 11) is 0. The van der Waals surface area contributed by atoms with E-state index in [0.29, 0.717) is 24.9 Å². The standard InChI is InChI=1S/C30H33BrN2O6/c1-3-13-32(21-12-11-19-9-5-6-10-20(19)17-21)28(36)26-30-18-22(31)25(39-30)23(29(37)38-16-4-2)24(30)27(35)33(26)14-7-8-15-34/h3-6,9-12,17,22-26,34H,1-2,7-8,13-16,18H2/t22?,23-,24+,25-,26?,30?/m1/s1. The monoisotopic (exact) mass is 596 g/mol. The van der Waals surface area contributed by atoms with E-state index < -0.39 is 35.6 Å². The molecule has 0 aliphatic carbocycles. The van der Waals surface area contributed by atoms with Crippen molar-refractivity contribution in [3.8, 4) is 0 Å². The summed E-state index contributed by atoms with van der Waals surface area (Å²) in [6.07, 6.45) is 3.96. The molecule has 3 saturated heterocycles. The first-order valence-corrected chi connectivity index (χ1v) is 14.2. The van der Waals surface area contributed by atoms with E-state index in [4.69, 9.17) is 9.47 Å². The van der Waals surface area contributed by atoms with Crippen molar-refractivity contribution >= 4 is 50.2 Å². The zero-order chi connectivity index (χ0) is 27.7. The smallest absolute Gasteiger partial charge is 0.312 e. The lowest BCUT2D eigenvalue weighted by atomic mass is 9.70. The highest BCUT2D eigenvalue weighted by Gasteiger charge is 2.77. The van der Waals surface area contributed by atoms with Crippen LogP contribution in [0.3, 0.4) is 0 Å². The Labute approximate surface area is 236 Å². The van der Waals surface area contributed by atoms with Gasteiger partial charge in [-0.1, -0.05) is 65.0 Å². The van der Waals surface area contributed by atoms with Crippen LogP contribution in [0.25, 0.3) is 10.8 Å². The van der Waals surface area contributed by atoms with Gasteiger partial charge in [-0.2, -0.15) is 0 Å². The Morgan fingerprint density at radius 3 is 2.67 bits per heavy atom. The van der Waals surface area contributed by atoms with Crippen LogP contribution in [0.5, 0.6) is 0 Å². The third kappa shape index (κ3) is 4.60. The van der Waals surface area contributed by atoms with Crippen molar-refractivity contribution in [2.24, 2.45) is 11.8 Å². The van der Waals surface area contributed by atoms with Gasteiger partial charge in [0.05, 0.1) is 17.9 Å². The van der Waals surface area contributed by atoms with E-state index in [0.717, 1.165) is 10.8 Å². The molecule has 9 heteroatoms. The van der Waals surface area contributed by atoms with Gasteiger partial charge < -0.3 is 24.4 Å². The molecule has 1 spiro atoms. The first kappa shape index (κ1) is 27.6. The maximum atomic E-state index is 14.6. The lowest BCUT2D eigenvalue weighted by Gasteiger charge is -2.37.